The molecule has 0 unspecified atom stereocenters. The Balaban J connectivity index is 1.85. The number of benzene rings is 1. The topological polar surface area (TPSA) is 47.3 Å². The van der Waals surface area contributed by atoms with Crippen LogP contribution in [0.4, 0.5) is 0 Å². The molecule has 4 nitrogen and oxygen atoms in total. The maximum atomic E-state index is 5.17. The molecule has 1 heterocycles. The normalized spacial score (nSPS) is 10.5. The predicted molar refractivity (Wildman–Crippen MR) is 64.8 cm³/mol. The number of nitrogens with one attached hydrogen (secondary N) is 1. The highest BCUT2D eigenvalue weighted by atomic mass is 16.5. The van der Waals surface area contributed by atoms with Crippen molar-refractivity contribution >= 4 is 0 Å². The van der Waals surface area contributed by atoms with Crippen LogP contribution in [0.1, 0.15) is 17.0 Å². The molecule has 17 heavy (non-hydrogen) atoms. The minimum atomic E-state index is 0.703. The number of aryl methyl sites for hydroxylation is 1. The van der Waals surface area contributed by atoms with Crippen molar-refractivity contribution in [2.24, 2.45) is 0 Å². The highest BCUT2D eigenvalue weighted by Gasteiger charge is 2.00. The van der Waals surface area contributed by atoms with Crippen LogP contribution >= 0.6 is 0 Å². The van der Waals surface area contributed by atoms with Crippen LogP contribution in [0.15, 0.2) is 34.9 Å². The Morgan fingerprint density at radius 3 is 2.88 bits per heavy atom. The Morgan fingerprint density at radius 1 is 1.29 bits per heavy atom. The smallest absolute Gasteiger partial charge is 0.133 e. The molecule has 0 aliphatic heterocycles. The van der Waals surface area contributed by atoms with Gasteiger partial charge in [0.05, 0.1) is 12.8 Å². The summed E-state index contributed by atoms with van der Waals surface area (Å²) in [7, 11) is 1.67. The van der Waals surface area contributed by atoms with Gasteiger partial charge in [-0.3, -0.25) is 0 Å². The van der Waals surface area contributed by atoms with E-state index < -0.39 is 0 Å². The molecule has 0 saturated heterocycles. The SMILES string of the molecule is COc1cccc(CNCc2cc(C)on2)c1. The molecule has 0 atom stereocenters. The van der Waals surface area contributed by atoms with Crippen LogP contribution < -0.4 is 10.1 Å². The monoisotopic (exact) mass is 232 g/mol. The third-order valence-electron chi connectivity index (χ3n) is 2.45. The van der Waals surface area contributed by atoms with E-state index in [4.69, 9.17) is 9.26 Å². The largest absolute Gasteiger partial charge is 0.497 e. The molecule has 0 aliphatic rings. The molecule has 0 radical (unpaired) electrons. The van der Waals surface area contributed by atoms with Gasteiger partial charge in [-0.2, -0.15) is 0 Å². The van der Waals surface area contributed by atoms with E-state index in [-0.39, 0.29) is 0 Å². The molecule has 1 aromatic carbocycles. The fourth-order valence-electron chi connectivity index (χ4n) is 1.62. The van der Waals surface area contributed by atoms with Gasteiger partial charge in [-0.15, -0.1) is 0 Å². The Bertz CT molecular complexity index is 480. The van der Waals surface area contributed by atoms with E-state index in [2.05, 4.69) is 16.5 Å². The molecule has 0 aliphatic carbocycles. The second-order valence-electron chi connectivity index (χ2n) is 3.88. The molecule has 0 amide bonds. The van der Waals surface area contributed by atoms with Crippen molar-refractivity contribution in [2.45, 2.75) is 20.0 Å². The van der Waals surface area contributed by atoms with E-state index in [1.165, 1.54) is 5.56 Å². The third kappa shape index (κ3) is 3.32. The van der Waals surface area contributed by atoms with E-state index in [0.29, 0.717) is 6.54 Å². The zero-order valence-electron chi connectivity index (χ0n) is 10.1. The second-order valence-corrected chi connectivity index (χ2v) is 3.88. The summed E-state index contributed by atoms with van der Waals surface area (Å²) < 4.78 is 10.2. The fourth-order valence-corrected chi connectivity index (χ4v) is 1.62. The van der Waals surface area contributed by atoms with Gasteiger partial charge in [0, 0.05) is 19.2 Å². The summed E-state index contributed by atoms with van der Waals surface area (Å²) in [6, 6.07) is 9.92. The Hall–Kier alpha value is -1.81. The average Bonchev–Trinajstić information content (AvgIpc) is 2.75. The van der Waals surface area contributed by atoms with Crippen molar-refractivity contribution in [1.29, 1.82) is 0 Å². The van der Waals surface area contributed by atoms with Crippen molar-refractivity contribution in [2.75, 3.05) is 7.11 Å². The summed E-state index contributed by atoms with van der Waals surface area (Å²) in [5, 5.41) is 7.22. The van der Waals surface area contributed by atoms with Gasteiger partial charge in [0.15, 0.2) is 0 Å². The van der Waals surface area contributed by atoms with Crippen molar-refractivity contribution in [3.05, 3.63) is 47.3 Å². The number of methoxy groups -OCH3 is 1. The van der Waals surface area contributed by atoms with Crippen LogP contribution in [-0.4, -0.2) is 12.3 Å². The molecule has 1 N–H and O–H groups in total. The Morgan fingerprint density at radius 2 is 2.18 bits per heavy atom. The molecular formula is C13H16N2O2. The molecule has 0 spiro atoms. The van der Waals surface area contributed by atoms with E-state index in [1.807, 2.05) is 31.2 Å². The first-order valence-electron chi connectivity index (χ1n) is 5.54. The van der Waals surface area contributed by atoms with Crippen LogP contribution in [0.25, 0.3) is 0 Å². The van der Waals surface area contributed by atoms with Gasteiger partial charge < -0.3 is 14.6 Å². The fraction of sp³-hybridized carbons (Fsp3) is 0.308. The number of nitrogens with zero attached hydrogens (tertiary/aromatic N) is 1. The van der Waals surface area contributed by atoms with Gasteiger partial charge >= 0.3 is 0 Å². The quantitative estimate of drug-likeness (QED) is 0.859. The Kier molecular flexibility index (Phi) is 3.77. The van der Waals surface area contributed by atoms with E-state index in [1.54, 1.807) is 7.11 Å². The predicted octanol–water partition coefficient (Wildman–Crippen LogP) is 2.28. The van der Waals surface area contributed by atoms with Gasteiger partial charge in [-0.25, -0.2) is 0 Å². The van der Waals surface area contributed by atoms with Gasteiger partial charge in [0.25, 0.3) is 0 Å². The van der Waals surface area contributed by atoms with Crippen LogP contribution in [0.5, 0.6) is 5.75 Å². The maximum Gasteiger partial charge on any atom is 0.133 e. The van der Waals surface area contributed by atoms with Crippen LogP contribution in [0.2, 0.25) is 0 Å². The number of hydrogen-bond donors (Lipinski definition) is 1. The van der Waals surface area contributed by atoms with Crippen molar-refractivity contribution in [3.8, 4) is 5.75 Å². The van der Waals surface area contributed by atoms with Gasteiger partial charge in [0.2, 0.25) is 0 Å². The van der Waals surface area contributed by atoms with Gasteiger partial charge in [-0.1, -0.05) is 17.3 Å². The summed E-state index contributed by atoms with van der Waals surface area (Å²) >= 11 is 0. The first kappa shape index (κ1) is 11.7. The molecule has 1 aromatic heterocycles. The van der Waals surface area contributed by atoms with E-state index in [0.717, 1.165) is 23.7 Å². The summed E-state index contributed by atoms with van der Waals surface area (Å²) in [6.45, 7) is 3.37. The lowest BCUT2D eigenvalue weighted by Crippen LogP contribution is -2.12. The highest BCUT2D eigenvalue weighted by Crippen LogP contribution is 2.12. The van der Waals surface area contributed by atoms with Crippen LogP contribution in [-0.2, 0) is 13.1 Å². The molecule has 0 saturated carbocycles. The highest BCUT2D eigenvalue weighted by molar-refractivity contribution is 5.28. The minimum absolute atomic E-state index is 0.703. The summed E-state index contributed by atoms with van der Waals surface area (Å²) in [5.41, 5.74) is 2.11. The van der Waals surface area contributed by atoms with E-state index >= 15 is 0 Å². The Labute approximate surface area is 101 Å². The van der Waals surface area contributed by atoms with Crippen LogP contribution in [0, 0.1) is 6.92 Å². The van der Waals surface area contributed by atoms with Crippen molar-refractivity contribution < 1.29 is 9.26 Å². The standard InChI is InChI=1S/C13H16N2O2/c1-10-6-12(15-17-10)9-14-8-11-4-3-5-13(7-11)16-2/h3-7,14H,8-9H2,1-2H3. The number of ether oxygens (including phenoxy) is 1. The molecular weight excluding hydrogens is 216 g/mol. The third-order valence-corrected chi connectivity index (χ3v) is 2.45. The lowest BCUT2D eigenvalue weighted by atomic mass is 10.2. The number of aromatic nitrogens is 1. The van der Waals surface area contributed by atoms with Gasteiger partial charge in [0.1, 0.15) is 11.5 Å². The molecule has 4 heteroatoms. The van der Waals surface area contributed by atoms with E-state index in [9.17, 15) is 0 Å². The lowest BCUT2D eigenvalue weighted by Gasteiger charge is -2.05. The van der Waals surface area contributed by atoms with Gasteiger partial charge in [-0.05, 0) is 24.6 Å². The average molecular weight is 232 g/mol. The lowest BCUT2D eigenvalue weighted by molar-refractivity contribution is 0.388. The minimum Gasteiger partial charge on any atom is -0.497 e. The zero-order valence-corrected chi connectivity index (χ0v) is 10.1. The zero-order chi connectivity index (χ0) is 12.1. The summed E-state index contributed by atoms with van der Waals surface area (Å²) in [5.74, 6) is 1.71. The van der Waals surface area contributed by atoms with Crippen molar-refractivity contribution in [1.82, 2.24) is 10.5 Å². The van der Waals surface area contributed by atoms with Crippen molar-refractivity contribution in [3.63, 3.8) is 0 Å². The first-order chi connectivity index (χ1) is 8.28. The summed E-state index contributed by atoms with van der Waals surface area (Å²) in [4.78, 5) is 0. The molecule has 2 rings (SSSR count). The number of hydrogen-bond acceptors (Lipinski definition) is 4. The molecule has 2 aromatic rings. The molecule has 90 valence electrons. The first-order valence-corrected chi connectivity index (χ1v) is 5.54. The summed E-state index contributed by atoms with van der Waals surface area (Å²) in [6.07, 6.45) is 0. The van der Waals surface area contributed by atoms with Crippen LogP contribution in [0.3, 0.4) is 0 Å². The second kappa shape index (κ2) is 5.50. The molecule has 0 fully saturated rings. The molecule has 0 bridgehead atoms. The maximum absolute atomic E-state index is 5.17. The number of rotatable bonds is 5.